The molecule has 1 fully saturated rings. The fourth-order valence-electron chi connectivity index (χ4n) is 2.99. The number of hydrogen-bond acceptors (Lipinski definition) is 4. The van der Waals surface area contributed by atoms with E-state index in [4.69, 9.17) is 9.47 Å². The average Bonchev–Trinajstić information content (AvgIpc) is 3.03. The molecule has 1 saturated heterocycles. The number of nitrogens with zero attached hydrogens (tertiary/aromatic N) is 1. The lowest BCUT2D eigenvalue weighted by Gasteiger charge is -2.18. The maximum atomic E-state index is 12.9. The van der Waals surface area contributed by atoms with E-state index in [1.165, 1.54) is 19.2 Å². The van der Waals surface area contributed by atoms with Gasteiger partial charge in [-0.15, -0.1) is 0 Å². The van der Waals surface area contributed by atoms with E-state index in [0.717, 1.165) is 16.8 Å². The van der Waals surface area contributed by atoms with Gasteiger partial charge in [-0.05, 0) is 48.4 Å². The molecule has 1 atom stereocenters. The van der Waals surface area contributed by atoms with Crippen LogP contribution < -0.4 is 9.64 Å². The molecular formula is C20H20FNO4. The maximum absolute atomic E-state index is 12.9. The third-order valence-corrected chi connectivity index (χ3v) is 4.44. The van der Waals surface area contributed by atoms with E-state index in [2.05, 4.69) is 0 Å². The molecule has 136 valence electrons. The molecule has 1 aliphatic heterocycles. The highest BCUT2D eigenvalue weighted by molar-refractivity contribution is 5.99. The Morgan fingerprint density at radius 2 is 1.96 bits per heavy atom. The molecule has 6 heteroatoms. The molecular weight excluding hydrogens is 337 g/mol. The second kappa shape index (κ2) is 7.56. The van der Waals surface area contributed by atoms with Crippen molar-refractivity contribution in [3.63, 3.8) is 0 Å². The normalized spacial score (nSPS) is 16.7. The summed E-state index contributed by atoms with van der Waals surface area (Å²) in [6.45, 7) is 2.54. The van der Waals surface area contributed by atoms with Crippen LogP contribution in [0.5, 0.6) is 5.75 Å². The Morgan fingerprint density at radius 1 is 1.23 bits per heavy atom. The number of rotatable bonds is 5. The SMILES string of the molecule is COC(=O)C1CC(=O)N(c2ccc(OCc3ccc(F)cc3)c(C)c2)C1. The van der Waals surface area contributed by atoms with Crippen molar-refractivity contribution in [1.82, 2.24) is 0 Å². The minimum absolute atomic E-state index is 0.0974. The quantitative estimate of drug-likeness (QED) is 0.771. The van der Waals surface area contributed by atoms with Crippen molar-refractivity contribution in [3.05, 3.63) is 59.4 Å². The third-order valence-electron chi connectivity index (χ3n) is 4.44. The predicted octanol–water partition coefficient (Wildman–Crippen LogP) is 3.24. The first-order valence-electron chi connectivity index (χ1n) is 8.34. The van der Waals surface area contributed by atoms with E-state index >= 15 is 0 Å². The summed E-state index contributed by atoms with van der Waals surface area (Å²) >= 11 is 0. The Morgan fingerprint density at radius 3 is 2.62 bits per heavy atom. The van der Waals surface area contributed by atoms with Crippen molar-refractivity contribution in [3.8, 4) is 5.75 Å². The van der Waals surface area contributed by atoms with Crippen LogP contribution in [-0.2, 0) is 20.9 Å². The van der Waals surface area contributed by atoms with Gasteiger partial charge < -0.3 is 14.4 Å². The lowest BCUT2D eigenvalue weighted by molar-refractivity contribution is -0.145. The van der Waals surface area contributed by atoms with E-state index in [1.807, 2.05) is 13.0 Å². The molecule has 2 aromatic rings. The Hall–Kier alpha value is -2.89. The van der Waals surface area contributed by atoms with Crippen molar-refractivity contribution in [2.45, 2.75) is 20.0 Å². The average molecular weight is 357 g/mol. The first-order valence-corrected chi connectivity index (χ1v) is 8.34. The van der Waals surface area contributed by atoms with E-state index in [-0.39, 0.29) is 24.1 Å². The fourth-order valence-corrected chi connectivity index (χ4v) is 2.99. The minimum atomic E-state index is -0.429. The van der Waals surface area contributed by atoms with Crippen LogP contribution >= 0.6 is 0 Å². The summed E-state index contributed by atoms with van der Waals surface area (Å²) in [5, 5.41) is 0. The zero-order chi connectivity index (χ0) is 18.7. The van der Waals surface area contributed by atoms with Crippen LogP contribution in [0.25, 0.3) is 0 Å². The van der Waals surface area contributed by atoms with Gasteiger partial charge in [-0.3, -0.25) is 9.59 Å². The minimum Gasteiger partial charge on any atom is -0.489 e. The first kappa shape index (κ1) is 17.9. The van der Waals surface area contributed by atoms with Gasteiger partial charge >= 0.3 is 5.97 Å². The topological polar surface area (TPSA) is 55.8 Å². The smallest absolute Gasteiger partial charge is 0.311 e. The maximum Gasteiger partial charge on any atom is 0.311 e. The number of halogens is 1. The summed E-state index contributed by atoms with van der Waals surface area (Å²) in [4.78, 5) is 25.4. The van der Waals surface area contributed by atoms with Crippen molar-refractivity contribution < 1.29 is 23.5 Å². The Balaban J connectivity index is 1.68. The highest BCUT2D eigenvalue weighted by Crippen LogP contribution is 2.30. The van der Waals surface area contributed by atoms with Crippen molar-refractivity contribution in [1.29, 1.82) is 0 Å². The molecule has 26 heavy (non-hydrogen) atoms. The number of anilines is 1. The van der Waals surface area contributed by atoms with Gasteiger partial charge in [0.1, 0.15) is 18.2 Å². The second-order valence-corrected chi connectivity index (χ2v) is 6.29. The Bertz CT molecular complexity index is 819. The van der Waals surface area contributed by atoms with Crippen LogP contribution in [0.4, 0.5) is 10.1 Å². The number of benzene rings is 2. The molecule has 1 amide bonds. The predicted molar refractivity (Wildman–Crippen MR) is 94.4 cm³/mol. The van der Waals surface area contributed by atoms with E-state index in [1.54, 1.807) is 29.2 Å². The van der Waals surface area contributed by atoms with Gasteiger partial charge in [-0.25, -0.2) is 4.39 Å². The fraction of sp³-hybridized carbons (Fsp3) is 0.300. The summed E-state index contributed by atoms with van der Waals surface area (Å²) < 4.78 is 23.4. The molecule has 2 aromatic carbocycles. The van der Waals surface area contributed by atoms with Gasteiger partial charge in [0.05, 0.1) is 13.0 Å². The van der Waals surface area contributed by atoms with Crippen LogP contribution in [0, 0.1) is 18.7 Å². The highest BCUT2D eigenvalue weighted by atomic mass is 19.1. The number of methoxy groups -OCH3 is 1. The number of ether oxygens (including phenoxy) is 2. The van der Waals surface area contributed by atoms with E-state index in [9.17, 15) is 14.0 Å². The van der Waals surface area contributed by atoms with E-state index < -0.39 is 5.92 Å². The van der Waals surface area contributed by atoms with Gasteiger partial charge in [-0.1, -0.05) is 12.1 Å². The van der Waals surface area contributed by atoms with Crippen molar-refractivity contribution in [2.24, 2.45) is 5.92 Å². The van der Waals surface area contributed by atoms with Crippen molar-refractivity contribution >= 4 is 17.6 Å². The molecule has 1 aliphatic rings. The number of esters is 1. The highest BCUT2D eigenvalue weighted by Gasteiger charge is 2.35. The zero-order valence-electron chi connectivity index (χ0n) is 14.7. The summed E-state index contributed by atoms with van der Waals surface area (Å²) in [7, 11) is 1.33. The lowest BCUT2D eigenvalue weighted by Crippen LogP contribution is -2.26. The Kier molecular flexibility index (Phi) is 5.21. The molecule has 0 bridgehead atoms. The molecule has 1 unspecified atom stereocenters. The molecule has 0 N–H and O–H groups in total. The molecule has 5 nitrogen and oxygen atoms in total. The van der Waals surface area contributed by atoms with Crippen LogP contribution in [0.15, 0.2) is 42.5 Å². The summed E-state index contributed by atoms with van der Waals surface area (Å²) in [5.41, 5.74) is 2.47. The zero-order valence-corrected chi connectivity index (χ0v) is 14.7. The second-order valence-electron chi connectivity index (χ2n) is 6.29. The first-order chi connectivity index (χ1) is 12.5. The van der Waals surface area contributed by atoms with Gasteiger partial charge in [0.15, 0.2) is 0 Å². The molecule has 0 spiro atoms. The van der Waals surface area contributed by atoms with Gasteiger partial charge in [-0.2, -0.15) is 0 Å². The molecule has 0 radical (unpaired) electrons. The number of hydrogen-bond donors (Lipinski definition) is 0. The third kappa shape index (κ3) is 3.85. The van der Waals surface area contributed by atoms with Crippen LogP contribution in [0.2, 0.25) is 0 Å². The van der Waals surface area contributed by atoms with Gasteiger partial charge in [0, 0.05) is 18.7 Å². The number of carbonyl (C=O) groups is 2. The summed E-state index contributed by atoms with van der Waals surface area (Å²) in [6, 6.07) is 11.6. The lowest BCUT2D eigenvalue weighted by atomic mass is 10.1. The van der Waals surface area contributed by atoms with Gasteiger partial charge in [0.2, 0.25) is 5.91 Å². The molecule has 0 saturated carbocycles. The summed E-state index contributed by atoms with van der Waals surface area (Å²) in [6.07, 6.45) is 0.161. The van der Waals surface area contributed by atoms with Gasteiger partial charge in [0.25, 0.3) is 0 Å². The molecule has 0 aliphatic carbocycles. The number of carbonyl (C=O) groups excluding carboxylic acids is 2. The molecule has 3 rings (SSSR count). The molecule has 1 heterocycles. The summed E-state index contributed by atoms with van der Waals surface area (Å²) in [5.74, 6) is -0.483. The van der Waals surface area contributed by atoms with Crippen LogP contribution in [0.3, 0.4) is 0 Å². The molecule has 0 aromatic heterocycles. The largest absolute Gasteiger partial charge is 0.489 e. The Labute approximate surface area is 151 Å². The van der Waals surface area contributed by atoms with Crippen molar-refractivity contribution in [2.75, 3.05) is 18.6 Å². The number of aryl methyl sites for hydroxylation is 1. The van der Waals surface area contributed by atoms with E-state index in [0.29, 0.717) is 18.9 Å². The standard InChI is InChI=1S/C20H20FNO4/c1-13-9-17(22-11-15(10-19(22)23)20(24)25-2)7-8-18(13)26-12-14-3-5-16(21)6-4-14/h3-9,15H,10-12H2,1-2H3. The number of amides is 1. The van der Waals surface area contributed by atoms with Crippen LogP contribution in [0.1, 0.15) is 17.5 Å². The monoisotopic (exact) mass is 357 g/mol. The van der Waals surface area contributed by atoms with Crippen LogP contribution in [-0.4, -0.2) is 25.5 Å².